The lowest BCUT2D eigenvalue weighted by atomic mass is 9.50. The summed E-state index contributed by atoms with van der Waals surface area (Å²) in [7, 11) is 0. The van der Waals surface area contributed by atoms with E-state index in [0.717, 1.165) is 25.2 Å². The molecule has 2 nitrogen and oxygen atoms in total. The van der Waals surface area contributed by atoms with Crippen LogP contribution in [0.4, 0.5) is 0 Å². The summed E-state index contributed by atoms with van der Waals surface area (Å²) < 4.78 is 6.21. The zero-order valence-electron chi connectivity index (χ0n) is 14.8. The van der Waals surface area contributed by atoms with Gasteiger partial charge in [0.15, 0.2) is 0 Å². The molecule has 0 radical (unpaired) electrons. The number of fused-ring (bicyclic) bond motifs is 7. The topological polar surface area (TPSA) is 32.8 Å². The van der Waals surface area contributed by atoms with Gasteiger partial charge in [0.05, 0.1) is 12.2 Å². The van der Waals surface area contributed by atoms with Gasteiger partial charge < -0.3 is 9.84 Å². The summed E-state index contributed by atoms with van der Waals surface area (Å²) in [6.45, 7) is 7.31. The van der Waals surface area contributed by atoms with Gasteiger partial charge in [-0.2, -0.15) is 0 Å². The number of aliphatic hydroxyl groups is 1. The normalized spacial score (nSPS) is 56.7. The van der Waals surface area contributed by atoms with Gasteiger partial charge in [-0.05, 0) is 62.2 Å². The van der Waals surface area contributed by atoms with Gasteiger partial charge in [-0.3, -0.25) is 0 Å². The minimum absolute atomic E-state index is 0.117. The van der Waals surface area contributed by atoms with Crippen LogP contribution >= 0.6 is 0 Å². The van der Waals surface area contributed by atoms with Crippen molar-refractivity contribution < 1.29 is 9.84 Å². The molecule has 5 rings (SSSR count). The van der Waals surface area contributed by atoms with Crippen LogP contribution in [0.5, 0.6) is 0 Å². The van der Waals surface area contributed by atoms with Gasteiger partial charge in [0.1, 0.15) is 5.60 Å². The Labute approximate surface area is 140 Å². The maximum absolute atomic E-state index is 10.1. The Kier molecular flexibility index (Phi) is 2.77. The molecular formula is C21H30O2. The van der Waals surface area contributed by atoms with Crippen LogP contribution in [0, 0.1) is 22.7 Å². The maximum Gasteiger partial charge on any atom is 0.100 e. The number of ether oxygens (including phenoxy) is 1. The lowest BCUT2D eigenvalue weighted by Crippen LogP contribution is -2.48. The van der Waals surface area contributed by atoms with E-state index < -0.39 is 0 Å². The first-order valence-electron chi connectivity index (χ1n) is 9.71. The summed E-state index contributed by atoms with van der Waals surface area (Å²) in [5.41, 5.74) is 4.09. The molecule has 1 saturated heterocycles. The second-order valence-electron chi connectivity index (χ2n) is 9.32. The second-order valence-corrected chi connectivity index (χ2v) is 9.32. The van der Waals surface area contributed by atoms with Gasteiger partial charge in [-0.1, -0.05) is 44.1 Å². The molecule has 1 unspecified atom stereocenters. The molecule has 0 aromatic rings. The number of rotatable bonds is 1. The zero-order valence-corrected chi connectivity index (χ0v) is 14.8. The van der Waals surface area contributed by atoms with Crippen molar-refractivity contribution in [2.24, 2.45) is 22.7 Å². The Morgan fingerprint density at radius 1 is 1.17 bits per heavy atom. The largest absolute Gasteiger partial charge is 0.393 e. The fraction of sp³-hybridized carbons (Fsp3) is 0.810. The first-order valence-corrected chi connectivity index (χ1v) is 9.71. The summed E-state index contributed by atoms with van der Waals surface area (Å²) >= 11 is 0. The van der Waals surface area contributed by atoms with Crippen molar-refractivity contribution in [2.45, 2.75) is 83.5 Å². The van der Waals surface area contributed by atoms with Crippen LogP contribution in [-0.4, -0.2) is 22.9 Å². The highest BCUT2D eigenvalue weighted by molar-refractivity contribution is 5.41. The van der Waals surface area contributed by atoms with Crippen LogP contribution in [-0.2, 0) is 4.74 Å². The quantitative estimate of drug-likeness (QED) is 0.728. The predicted molar refractivity (Wildman–Crippen MR) is 91.0 cm³/mol. The van der Waals surface area contributed by atoms with Gasteiger partial charge in [0, 0.05) is 5.41 Å². The van der Waals surface area contributed by atoms with Crippen LogP contribution in [0.15, 0.2) is 23.3 Å². The van der Waals surface area contributed by atoms with Gasteiger partial charge in [0.25, 0.3) is 0 Å². The molecular weight excluding hydrogens is 284 g/mol. The number of allylic oxidation sites excluding steroid dienone is 3. The van der Waals surface area contributed by atoms with Crippen LogP contribution < -0.4 is 0 Å². The summed E-state index contributed by atoms with van der Waals surface area (Å²) in [5.74, 6) is 1.43. The molecule has 0 bridgehead atoms. The molecule has 5 aliphatic rings. The molecule has 0 aromatic carbocycles. The number of hydrogen-bond donors (Lipinski definition) is 1. The summed E-state index contributed by atoms with van der Waals surface area (Å²) in [4.78, 5) is 0. The van der Waals surface area contributed by atoms with E-state index in [-0.39, 0.29) is 11.7 Å². The van der Waals surface area contributed by atoms with E-state index in [1.807, 2.05) is 0 Å². The first kappa shape index (κ1) is 14.7. The van der Waals surface area contributed by atoms with Crippen LogP contribution in [0.3, 0.4) is 0 Å². The van der Waals surface area contributed by atoms with Crippen LogP contribution in [0.1, 0.15) is 65.7 Å². The number of hydrogen-bond acceptors (Lipinski definition) is 2. The third-order valence-electron chi connectivity index (χ3n) is 8.72. The van der Waals surface area contributed by atoms with Crippen molar-refractivity contribution in [3.05, 3.63) is 23.3 Å². The van der Waals surface area contributed by atoms with Crippen molar-refractivity contribution in [2.75, 3.05) is 0 Å². The van der Waals surface area contributed by atoms with E-state index in [9.17, 15) is 5.11 Å². The first-order chi connectivity index (χ1) is 10.9. The van der Waals surface area contributed by atoms with E-state index in [4.69, 9.17) is 4.74 Å². The molecule has 1 aliphatic heterocycles. The molecule has 4 fully saturated rings. The number of epoxide rings is 1. The lowest BCUT2D eigenvalue weighted by Gasteiger charge is -2.55. The standard InChI is InChI=1S/C21H30O2/c1-4-21-18(23-21)12-17-15-6-5-13-11-14(22)7-9-19(13,2)16(15)8-10-20(17,21)3/h5-6,14,16-18,22H,4,7-12H2,1-3H3/t14-,16-,17-,18?,19-,20-,21+/m0/s1. The molecule has 4 aliphatic carbocycles. The summed E-state index contributed by atoms with van der Waals surface area (Å²) in [6.07, 6.45) is 13.3. The molecule has 1 heterocycles. The van der Waals surface area contributed by atoms with E-state index in [1.54, 1.807) is 5.57 Å². The molecule has 0 aromatic heterocycles. The van der Waals surface area contributed by atoms with Crippen molar-refractivity contribution in [1.82, 2.24) is 0 Å². The zero-order chi connectivity index (χ0) is 16.0. The summed E-state index contributed by atoms with van der Waals surface area (Å²) in [5, 5.41) is 10.1. The highest BCUT2D eigenvalue weighted by atomic mass is 16.6. The van der Waals surface area contributed by atoms with Gasteiger partial charge in [0.2, 0.25) is 0 Å². The van der Waals surface area contributed by atoms with Gasteiger partial charge in [-0.25, -0.2) is 0 Å². The smallest absolute Gasteiger partial charge is 0.100 e. The van der Waals surface area contributed by atoms with E-state index >= 15 is 0 Å². The Bertz CT molecular complexity index is 615. The molecule has 0 spiro atoms. The third kappa shape index (κ3) is 1.58. The highest BCUT2D eigenvalue weighted by Crippen LogP contribution is 2.73. The molecule has 7 atom stereocenters. The molecule has 126 valence electrons. The Morgan fingerprint density at radius 2 is 2.00 bits per heavy atom. The molecule has 2 heteroatoms. The highest BCUT2D eigenvalue weighted by Gasteiger charge is 2.75. The number of aliphatic hydroxyl groups excluding tert-OH is 1. The second kappa shape index (κ2) is 4.32. The van der Waals surface area contributed by atoms with Crippen molar-refractivity contribution in [3.63, 3.8) is 0 Å². The predicted octanol–water partition coefficient (Wildman–Crippen LogP) is 4.39. The fourth-order valence-electron chi connectivity index (χ4n) is 7.18. The van der Waals surface area contributed by atoms with Crippen molar-refractivity contribution in [3.8, 4) is 0 Å². The molecule has 1 N–H and O–H groups in total. The maximum atomic E-state index is 10.1. The van der Waals surface area contributed by atoms with E-state index in [1.165, 1.54) is 31.3 Å². The SMILES string of the molecule is CC[C@@]12OC1C[C@H]1C3=CC=C4C[C@@H](O)CC[C@]4(C)[C@H]3CC[C@@]12C. The molecule has 0 amide bonds. The Balaban J connectivity index is 1.55. The monoisotopic (exact) mass is 314 g/mol. The van der Waals surface area contributed by atoms with Crippen LogP contribution in [0.2, 0.25) is 0 Å². The Morgan fingerprint density at radius 3 is 2.78 bits per heavy atom. The minimum Gasteiger partial charge on any atom is -0.393 e. The minimum atomic E-state index is -0.117. The van der Waals surface area contributed by atoms with Crippen molar-refractivity contribution >= 4 is 0 Å². The molecule has 3 saturated carbocycles. The average Bonchev–Trinajstić information content (AvgIpc) is 3.20. The lowest BCUT2D eigenvalue weighted by molar-refractivity contribution is -0.000824. The average molecular weight is 314 g/mol. The van der Waals surface area contributed by atoms with Crippen LogP contribution in [0.25, 0.3) is 0 Å². The van der Waals surface area contributed by atoms with Gasteiger partial charge in [-0.15, -0.1) is 0 Å². The Hall–Kier alpha value is -0.600. The fourth-order valence-corrected chi connectivity index (χ4v) is 7.18. The third-order valence-corrected chi connectivity index (χ3v) is 8.72. The van der Waals surface area contributed by atoms with E-state index in [0.29, 0.717) is 22.9 Å². The molecule has 23 heavy (non-hydrogen) atoms. The van der Waals surface area contributed by atoms with E-state index in [2.05, 4.69) is 32.9 Å². The summed E-state index contributed by atoms with van der Waals surface area (Å²) in [6, 6.07) is 0. The van der Waals surface area contributed by atoms with Crippen molar-refractivity contribution in [1.29, 1.82) is 0 Å². The van der Waals surface area contributed by atoms with Gasteiger partial charge >= 0.3 is 0 Å².